The summed E-state index contributed by atoms with van der Waals surface area (Å²) < 4.78 is 10.7. The van der Waals surface area contributed by atoms with Crippen LogP contribution in [-0.4, -0.2) is 47.6 Å². The summed E-state index contributed by atoms with van der Waals surface area (Å²) in [7, 11) is 3.29. The number of hydrogen-bond acceptors (Lipinski definition) is 5. The van der Waals surface area contributed by atoms with Gasteiger partial charge in [0.1, 0.15) is 11.5 Å². The van der Waals surface area contributed by atoms with Crippen molar-refractivity contribution in [2.24, 2.45) is 0 Å². The van der Waals surface area contributed by atoms with Crippen LogP contribution in [0.2, 0.25) is 0 Å². The first kappa shape index (κ1) is 17.3. The molecule has 25 heavy (non-hydrogen) atoms. The van der Waals surface area contributed by atoms with Gasteiger partial charge in [0.15, 0.2) is 0 Å². The second-order valence-corrected chi connectivity index (χ2v) is 5.86. The van der Waals surface area contributed by atoms with Crippen molar-refractivity contribution in [3.8, 4) is 11.5 Å². The van der Waals surface area contributed by atoms with E-state index in [1.807, 2.05) is 36.5 Å². The molecule has 1 aromatic heterocycles. The number of fused-ring (bicyclic) bond motifs is 1. The Labute approximate surface area is 147 Å². The smallest absolute Gasteiger partial charge is 0.127 e. The third-order valence-corrected chi connectivity index (χ3v) is 4.26. The van der Waals surface area contributed by atoms with Crippen LogP contribution in [0.3, 0.4) is 0 Å². The summed E-state index contributed by atoms with van der Waals surface area (Å²) in [4.78, 5) is 2.18. The molecule has 0 bridgehead atoms. The summed E-state index contributed by atoms with van der Waals surface area (Å²) in [6.07, 6.45) is 1.82. The van der Waals surface area contributed by atoms with Crippen LogP contribution >= 0.6 is 0 Å². The van der Waals surface area contributed by atoms with Crippen LogP contribution in [0.25, 0.3) is 10.9 Å². The van der Waals surface area contributed by atoms with E-state index in [0.29, 0.717) is 19.6 Å². The molecule has 0 saturated heterocycles. The number of hydrogen-bond donors (Lipinski definition) is 2. The molecule has 0 radical (unpaired) electrons. The van der Waals surface area contributed by atoms with Gasteiger partial charge < -0.3 is 14.6 Å². The van der Waals surface area contributed by atoms with E-state index in [9.17, 15) is 5.11 Å². The Bertz CT molecular complexity index is 832. The van der Waals surface area contributed by atoms with Crippen molar-refractivity contribution in [1.82, 2.24) is 15.1 Å². The molecular formula is C19H23N3O3. The van der Waals surface area contributed by atoms with Crippen molar-refractivity contribution in [3.05, 3.63) is 53.7 Å². The van der Waals surface area contributed by atoms with Crippen LogP contribution in [0.4, 0.5) is 0 Å². The second-order valence-electron chi connectivity index (χ2n) is 5.86. The van der Waals surface area contributed by atoms with Crippen LogP contribution in [0, 0.1) is 0 Å². The molecule has 0 atom stereocenters. The quantitative estimate of drug-likeness (QED) is 0.659. The standard InChI is InChI=1S/C19H23N3O3/c1-24-17-7-6-15(18(10-17)25-2)12-22(8-9-23)13-16-5-3-4-14-11-20-21-19(14)16/h3-7,10-11,23H,8-9,12-13H2,1-2H3,(H,20,21). The molecule has 6 heteroatoms. The van der Waals surface area contributed by atoms with E-state index >= 15 is 0 Å². The van der Waals surface area contributed by atoms with Crippen molar-refractivity contribution in [2.45, 2.75) is 13.1 Å². The van der Waals surface area contributed by atoms with Crippen molar-refractivity contribution in [3.63, 3.8) is 0 Å². The molecule has 0 unspecified atom stereocenters. The third-order valence-electron chi connectivity index (χ3n) is 4.26. The number of aromatic nitrogens is 2. The van der Waals surface area contributed by atoms with E-state index in [0.717, 1.165) is 33.5 Å². The van der Waals surface area contributed by atoms with Gasteiger partial charge in [-0.3, -0.25) is 10.00 Å². The fraction of sp³-hybridized carbons (Fsp3) is 0.316. The van der Waals surface area contributed by atoms with Gasteiger partial charge >= 0.3 is 0 Å². The van der Waals surface area contributed by atoms with Crippen molar-refractivity contribution in [2.75, 3.05) is 27.4 Å². The number of aromatic amines is 1. The molecule has 0 spiro atoms. The molecule has 1 heterocycles. The Hall–Kier alpha value is -2.57. The molecular weight excluding hydrogens is 318 g/mol. The fourth-order valence-electron chi connectivity index (χ4n) is 2.98. The highest BCUT2D eigenvalue weighted by atomic mass is 16.5. The van der Waals surface area contributed by atoms with E-state index in [1.54, 1.807) is 14.2 Å². The lowest BCUT2D eigenvalue weighted by Gasteiger charge is -2.23. The Kier molecular flexibility index (Phi) is 5.53. The highest BCUT2D eigenvalue weighted by molar-refractivity contribution is 5.81. The average molecular weight is 341 g/mol. The maximum atomic E-state index is 9.46. The molecule has 0 aliphatic rings. The van der Waals surface area contributed by atoms with Gasteiger partial charge in [0.2, 0.25) is 0 Å². The summed E-state index contributed by atoms with van der Waals surface area (Å²) in [5, 5.41) is 17.7. The number of aliphatic hydroxyl groups excluding tert-OH is 1. The van der Waals surface area contributed by atoms with Gasteiger partial charge in [-0.25, -0.2) is 0 Å². The minimum Gasteiger partial charge on any atom is -0.497 e. The van der Waals surface area contributed by atoms with Crippen molar-refractivity contribution < 1.29 is 14.6 Å². The number of rotatable bonds is 8. The molecule has 2 N–H and O–H groups in total. The number of para-hydroxylation sites is 1. The number of methoxy groups -OCH3 is 2. The Balaban J connectivity index is 1.83. The van der Waals surface area contributed by atoms with E-state index in [2.05, 4.69) is 21.2 Å². The zero-order valence-electron chi connectivity index (χ0n) is 14.5. The molecule has 3 rings (SSSR count). The van der Waals surface area contributed by atoms with Gasteiger partial charge in [-0.1, -0.05) is 24.3 Å². The topological polar surface area (TPSA) is 70.6 Å². The summed E-state index contributed by atoms with van der Waals surface area (Å²) in [5.74, 6) is 1.54. The lowest BCUT2D eigenvalue weighted by molar-refractivity contribution is 0.183. The van der Waals surface area contributed by atoms with E-state index < -0.39 is 0 Å². The van der Waals surface area contributed by atoms with Gasteiger partial charge in [-0.2, -0.15) is 5.10 Å². The van der Waals surface area contributed by atoms with Crippen molar-refractivity contribution >= 4 is 10.9 Å². The lowest BCUT2D eigenvalue weighted by atomic mass is 10.1. The van der Waals surface area contributed by atoms with Gasteiger partial charge in [0.25, 0.3) is 0 Å². The maximum Gasteiger partial charge on any atom is 0.127 e. The van der Waals surface area contributed by atoms with E-state index in [1.165, 1.54) is 0 Å². The molecule has 0 aliphatic carbocycles. The minimum atomic E-state index is 0.0947. The SMILES string of the molecule is COc1ccc(CN(CCO)Cc2cccc3cn[nH]c23)c(OC)c1. The molecule has 0 aliphatic heterocycles. The molecule has 2 aromatic carbocycles. The fourth-order valence-corrected chi connectivity index (χ4v) is 2.98. The van der Waals surface area contributed by atoms with Crippen LogP contribution in [0.5, 0.6) is 11.5 Å². The van der Waals surface area contributed by atoms with Crippen molar-refractivity contribution in [1.29, 1.82) is 0 Å². The molecule has 6 nitrogen and oxygen atoms in total. The van der Waals surface area contributed by atoms with Crippen LogP contribution in [-0.2, 0) is 13.1 Å². The minimum absolute atomic E-state index is 0.0947. The number of ether oxygens (including phenoxy) is 2. The monoisotopic (exact) mass is 341 g/mol. The largest absolute Gasteiger partial charge is 0.497 e. The molecule has 0 saturated carbocycles. The van der Waals surface area contributed by atoms with Crippen LogP contribution in [0.15, 0.2) is 42.6 Å². The first-order valence-electron chi connectivity index (χ1n) is 8.20. The second kappa shape index (κ2) is 8.00. The predicted molar refractivity (Wildman–Crippen MR) is 96.8 cm³/mol. The first-order chi connectivity index (χ1) is 12.2. The summed E-state index contributed by atoms with van der Waals surface area (Å²) in [5.41, 5.74) is 3.23. The Morgan fingerprint density at radius 1 is 1.08 bits per heavy atom. The third kappa shape index (κ3) is 3.92. The normalized spacial score (nSPS) is 11.2. The van der Waals surface area contributed by atoms with Gasteiger partial charge in [0, 0.05) is 36.7 Å². The number of nitrogens with one attached hydrogen (secondary N) is 1. The zero-order chi connectivity index (χ0) is 17.6. The number of benzene rings is 2. The predicted octanol–water partition coefficient (Wildman–Crippen LogP) is 2.57. The summed E-state index contributed by atoms with van der Waals surface area (Å²) >= 11 is 0. The highest BCUT2D eigenvalue weighted by Gasteiger charge is 2.13. The first-order valence-corrected chi connectivity index (χ1v) is 8.20. The van der Waals surface area contributed by atoms with Gasteiger partial charge in [-0.15, -0.1) is 0 Å². The van der Waals surface area contributed by atoms with E-state index in [-0.39, 0.29) is 6.61 Å². The van der Waals surface area contributed by atoms with E-state index in [4.69, 9.17) is 9.47 Å². The molecule has 0 amide bonds. The van der Waals surface area contributed by atoms with Gasteiger partial charge in [0.05, 0.1) is 32.5 Å². The molecule has 3 aromatic rings. The van der Waals surface area contributed by atoms with Gasteiger partial charge in [-0.05, 0) is 11.6 Å². The average Bonchev–Trinajstić information content (AvgIpc) is 3.12. The Morgan fingerprint density at radius 3 is 2.68 bits per heavy atom. The summed E-state index contributed by atoms with van der Waals surface area (Å²) in [6, 6.07) is 11.9. The number of aliphatic hydroxyl groups is 1. The lowest BCUT2D eigenvalue weighted by Crippen LogP contribution is -2.26. The number of nitrogens with zero attached hydrogens (tertiary/aromatic N) is 2. The molecule has 132 valence electrons. The summed E-state index contributed by atoms with van der Waals surface area (Å²) in [6.45, 7) is 2.03. The zero-order valence-corrected chi connectivity index (χ0v) is 14.5. The Morgan fingerprint density at radius 2 is 1.92 bits per heavy atom. The van der Waals surface area contributed by atoms with Crippen LogP contribution in [0.1, 0.15) is 11.1 Å². The highest BCUT2D eigenvalue weighted by Crippen LogP contribution is 2.26. The maximum absolute atomic E-state index is 9.46. The van der Waals surface area contributed by atoms with Crippen LogP contribution < -0.4 is 9.47 Å². The number of H-pyrrole nitrogens is 1. The molecule has 0 fully saturated rings.